The summed E-state index contributed by atoms with van der Waals surface area (Å²) in [6, 6.07) is 0. The molecule has 0 spiro atoms. The van der Waals surface area contributed by atoms with Crippen LogP contribution in [-0.2, 0) is 0 Å². The predicted octanol–water partition coefficient (Wildman–Crippen LogP) is 5.31. The second-order valence-corrected chi connectivity index (χ2v) is 12.0. The zero-order valence-corrected chi connectivity index (χ0v) is 21.3. The smallest absolute Gasteiger partial charge is 0.0779 e. The van der Waals surface area contributed by atoms with Gasteiger partial charge in [0.05, 0.1) is 17.8 Å². The van der Waals surface area contributed by atoms with Gasteiger partial charge < -0.3 is 20.4 Å². The SMILES string of the molecule is C[C@H](CCCC(C)(C)O)[C@H]1CC[C@@H]2C(/C=C/C3=C[C@@H](O)[C@H](CCCO)[C@H](O)C3)=CCC[C@@]21C. The van der Waals surface area contributed by atoms with Crippen LogP contribution in [0.3, 0.4) is 0 Å². The van der Waals surface area contributed by atoms with Gasteiger partial charge in [0.25, 0.3) is 0 Å². The van der Waals surface area contributed by atoms with E-state index >= 15 is 0 Å². The van der Waals surface area contributed by atoms with E-state index in [1.807, 2.05) is 19.9 Å². The third kappa shape index (κ3) is 6.60. The molecule has 0 amide bonds. The van der Waals surface area contributed by atoms with Crippen molar-refractivity contribution in [2.75, 3.05) is 6.61 Å². The summed E-state index contributed by atoms with van der Waals surface area (Å²) in [4.78, 5) is 0. The van der Waals surface area contributed by atoms with Crippen LogP contribution in [0.1, 0.15) is 91.9 Å². The molecule has 0 aromatic carbocycles. The third-order valence-electron chi connectivity index (χ3n) is 8.96. The topological polar surface area (TPSA) is 80.9 Å². The molecule has 33 heavy (non-hydrogen) atoms. The molecule has 1 fully saturated rings. The Labute approximate surface area is 201 Å². The van der Waals surface area contributed by atoms with Gasteiger partial charge in [-0.3, -0.25) is 0 Å². The summed E-state index contributed by atoms with van der Waals surface area (Å²) in [6.07, 6.45) is 17.3. The molecule has 3 aliphatic carbocycles. The minimum Gasteiger partial charge on any atom is -0.396 e. The molecule has 188 valence electrons. The Bertz CT molecular complexity index is 730. The Hall–Kier alpha value is -0.940. The Balaban J connectivity index is 1.63. The fourth-order valence-corrected chi connectivity index (χ4v) is 7.09. The van der Waals surface area contributed by atoms with Gasteiger partial charge in [0.2, 0.25) is 0 Å². The Morgan fingerprint density at radius 2 is 1.94 bits per heavy atom. The summed E-state index contributed by atoms with van der Waals surface area (Å²) in [6.45, 7) is 8.83. The molecule has 1 saturated carbocycles. The standard InChI is InChI=1S/C29H48O4/c1-20(8-5-15-28(2,3)33)24-13-14-25-22(9-6-16-29(24,25)4)12-11-21-18-26(31)23(10-7-17-30)27(32)19-21/h9,11-12,18,20,23-27,30-33H,5-8,10,13-17,19H2,1-4H3/b12-11+/t20-,23+,24-,25-,26-,27-,29-/m1/s1. The van der Waals surface area contributed by atoms with Gasteiger partial charge in [0, 0.05) is 12.5 Å². The van der Waals surface area contributed by atoms with Crippen LogP contribution in [0.5, 0.6) is 0 Å². The first-order valence-electron chi connectivity index (χ1n) is 13.3. The predicted molar refractivity (Wildman–Crippen MR) is 135 cm³/mol. The van der Waals surface area contributed by atoms with Crippen molar-refractivity contribution in [1.82, 2.24) is 0 Å². The Kier molecular flexibility index (Phi) is 9.05. The molecule has 3 rings (SSSR count). The lowest BCUT2D eigenvalue weighted by atomic mass is 9.62. The van der Waals surface area contributed by atoms with Crippen LogP contribution in [-0.4, -0.2) is 44.8 Å². The minimum atomic E-state index is -0.647. The number of hydrogen-bond donors (Lipinski definition) is 4. The van der Waals surface area contributed by atoms with E-state index in [1.165, 1.54) is 31.3 Å². The molecule has 0 heterocycles. The number of aliphatic hydroxyl groups excluding tert-OH is 3. The van der Waals surface area contributed by atoms with E-state index in [0.717, 1.165) is 30.8 Å². The number of rotatable bonds is 10. The molecule has 0 unspecified atom stereocenters. The van der Waals surface area contributed by atoms with Crippen LogP contribution in [0.4, 0.5) is 0 Å². The van der Waals surface area contributed by atoms with Crippen molar-refractivity contribution >= 4 is 0 Å². The second-order valence-electron chi connectivity index (χ2n) is 12.0. The van der Waals surface area contributed by atoms with Gasteiger partial charge in [-0.15, -0.1) is 0 Å². The molecule has 7 atom stereocenters. The number of hydrogen-bond acceptors (Lipinski definition) is 4. The third-order valence-corrected chi connectivity index (χ3v) is 8.96. The summed E-state index contributed by atoms with van der Waals surface area (Å²) in [5.74, 6) is 1.81. The van der Waals surface area contributed by atoms with E-state index in [2.05, 4.69) is 32.1 Å². The van der Waals surface area contributed by atoms with Gasteiger partial charge in [0.1, 0.15) is 0 Å². The first kappa shape index (κ1) is 26.7. The van der Waals surface area contributed by atoms with Crippen LogP contribution >= 0.6 is 0 Å². The highest BCUT2D eigenvalue weighted by Crippen LogP contribution is 2.58. The second kappa shape index (κ2) is 11.2. The highest BCUT2D eigenvalue weighted by Gasteiger charge is 2.49. The van der Waals surface area contributed by atoms with Crippen LogP contribution in [0.15, 0.2) is 35.5 Å². The van der Waals surface area contributed by atoms with Gasteiger partial charge in [-0.2, -0.15) is 0 Å². The van der Waals surface area contributed by atoms with E-state index < -0.39 is 17.8 Å². The lowest BCUT2D eigenvalue weighted by molar-refractivity contribution is 0.0191. The van der Waals surface area contributed by atoms with Crippen LogP contribution in [0.25, 0.3) is 0 Å². The van der Waals surface area contributed by atoms with E-state index in [0.29, 0.717) is 36.5 Å². The van der Waals surface area contributed by atoms with Gasteiger partial charge in [-0.1, -0.05) is 51.0 Å². The van der Waals surface area contributed by atoms with E-state index in [-0.39, 0.29) is 12.5 Å². The summed E-state index contributed by atoms with van der Waals surface area (Å²) in [5, 5.41) is 40.2. The number of aliphatic hydroxyl groups is 4. The summed E-state index contributed by atoms with van der Waals surface area (Å²) >= 11 is 0. The van der Waals surface area contributed by atoms with Crippen molar-refractivity contribution in [3.05, 3.63) is 35.5 Å². The maximum atomic E-state index is 10.5. The fourth-order valence-electron chi connectivity index (χ4n) is 7.09. The maximum Gasteiger partial charge on any atom is 0.0779 e. The summed E-state index contributed by atoms with van der Waals surface area (Å²) < 4.78 is 0. The average molecular weight is 461 g/mol. The van der Waals surface area contributed by atoms with Crippen molar-refractivity contribution in [1.29, 1.82) is 0 Å². The molecule has 3 aliphatic rings. The lowest BCUT2D eigenvalue weighted by Crippen LogP contribution is -2.35. The zero-order valence-electron chi connectivity index (χ0n) is 21.3. The number of allylic oxidation sites excluding steroid dienone is 4. The highest BCUT2D eigenvalue weighted by molar-refractivity contribution is 5.35. The average Bonchev–Trinajstić information content (AvgIpc) is 3.08. The van der Waals surface area contributed by atoms with Crippen LogP contribution in [0.2, 0.25) is 0 Å². The molecule has 0 aromatic rings. The maximum absolute atomic E-state index is 10.5. The van der Waals surface area contributed by atoms with Gasteiger partial charge >= 0.3 is 0 Å². The molecule has 0 aliphatic heterocycles. The van der Waals surface area contributed by atoms with Crippen molar-refractivity contribution in [3.63, 3.8) is 0 Å². The first-order valence-corrected chi connectivity index (χ1v) is 13.3. The summed E-state index contributed by atoms with van der Waals surface area (Å²) in [5.41, 5.74) is 2.21. The Morgan fingerprint density at radius 1 is 1.18 bits per heavy atom. The highest BCUT2D eigenvalue weighted by atomic mass is 16.3. The molecule has 4 heteroatoms. The lowest BCUT2D eigenvalue weighted by Gasteiger charge is -2.43. The zero-order chi connectivity index (χ0) is 24.2. The Morgan fingerprint density at radius 3 is 2.61 bits per heavy atom. The van der Waals surface area contributed by atoms with Crippen molar-refractivity contribution in [2.45, 2.75) is 110 Å². The molecule has 0 radical (unpaired) electrons. The van der Waals surface area contributed by atoms with Gasteiger partial charge in [-0.05, 0) is 99.5 Å². The van der Waals surface area contributed by atoms with Crippen molar-refractivity contribution in [3.8, 4) is 0 Å². The molecule has 0 saturated heterocycles. The van der Waals surface area contributed by atoms with Crippen LogP contribution < -0.4 is 0 Å². The molecular formula is C29H48O4. The van der Waals surface area contributed by atoms with Crippen LogP contribution in [0, 0.1) is 29.1 Å². The normalized spacial score (nSPS) is 35.9. The minimum absolute atomic E-state index is 0.0970. The van der Waals surface area contributed by atoms with E-state index in [4.69, 9.17) is 5.11 Å². The molecule has 4 nitrogen and oxygen atoms in total. The number of fused-ring (bicyclic) bond motifs is 1. The largest absolute Gasteiger partial charge is 0.396 e. The monoisotopic (exact) mass is 460 g/mol. The van der Waals surface area contributed by atoms with Crippen molar-refractivity contribution < 1.29 is 20.4 Å². The molecule has 0 bridgehead atoms. The molecule has 4 N–H and O–H groups in total. The van der Waals surface area contributed by atoms with E-state index in [1.54, 1.807) is 0 Å². The van der Waals surface area contributed by atoms with Crippen molar-refractivity contribution in [2.24, 2.45) is 29.1 Å². The molecule has 0 aromatic heterocycles. The summed E-state index contributed by atoms with van der Waals surface area (Å²) in [7, 11) is 0. The van der Waals surface area contributed by atoms with Gasteiger partial charge in [-0.25, -0.2) is 0 Å². The first-order chi connectivity index (χ1) is 15.5. The quantitative estimate of drug-likeness (QED) is 0.356. The fraction of sp³-hybridized carbons (Fsp3) is 0.793. The molecular weight excluding hydrogens is 412 g/mol. The van der Waals surface area contributed by atoms with E-state index in [9.17, 15) is 15.3 Å². The van der Waals surface area contributed by atoms with Gasteiger partial charge in [0.15, 0.2) is 0 Å².